The number of anilines is 1. The molecule has 0 aliphatic carbocycles. The van der Waals surface area contributed by atoms with Crippen molar-refractivity contribution in [2.24, 2.45) is 0 Å². The predicted octanol–water partition coefficient (Wildman–Crippen LogP) is 0.703. The van der Waals surface area contributed by atoms with Crippen LogP contribution in [0.2, 0.25) is 0 Å². The van der Waals surface area contributed by atoms with Crippen molar-refractivity contribution in [1.29, 1.82) is 0 Å². The standard InChI is InChI=1S/C11H17N3O3/c1-15-10-5-9(13-8-14-10)12-6-11(16-2)3-4-17-7-11/h5,8H,3-4,6-7H2,1-2H3,(H,12,13,14). The van der Waals surface area contributed by atoms with E-state index in [4.69, 9.17) is 14.2 Å². The van der Waals surface area contributed by atoms with Gasteiger partial charge in [0.15, 0.2) is 0 Å². The highest BCUT2D eigenvalue weighted by atomic mass is 16.5. The Kier molecular flexibility index (Phi) is 3.75. The molecule has 1 aliphatic heterocycles. The summed E-state index contributed by atoms with van der Waals surface area (Å²) in [4.78, 5) is 8.06. The van der Waals surface area contributed by atoms with E-state index in [-0.39, 0.29) is 5.60 Å². The number of nitrogens with zero attached hydrogens (tertiary/aromatic N) is 2. The van der Waals surface area contributed by atoms with Gasteiger partial charge in [-0.05, 0) is 0 Å². The van der Waals surface area contributed by atoms with Crippen LogP contribution in [-0.2, 0) is 9.47 Å². The van der Waals surface area contributed by atoms with E-state index in [0.717, 1.165) is 18.8 Å². The van der Waals surface area contributed by atoms with Crippen LogP contribution in [-0.4, -0.2) is 49.5 Å². The number of hydrogen-bond acceptors (Lipinski definition) is 6. The lowest BCUT2D eigenvalue weighted by Gasteiger charge is -2.26. The molecule has 1 aliphatic rings. The molecule has 0 radical (unpaired) electrons. The Morgan fingerprint density at radius 1 is 1.47 bits per heavy atom. The second kappa shape index (κ2) is 5.29. The minimum Gasteiger partial charge on any atom is -0.481 e. The summed E-state index contributed by atoms with van der Waals surface area (Å²) < 4.78 is 15.9. The van der Waals surface area contributed by atoms with Gasteiger partial charge in [0, 0.05) is 32.7 Å². The SMILES string of the molecule is COc1cc(NCC2(OC)CCOC2)ncn1. The molecule has 0 bridgehead atoms. The molecule has 17 heavy (non-hydrogen) atoms. The van der Waals surface area contributed by atoms with Crippen LogP contribution < -0.4 is 10.1 Å². The fraction of sp³-hybridized carbons (Fsp3) is 0.636. The molecule has 6 nitrogen and oxygen atoms in total. The third-order valence-corrected chi connectivity index (χ3v) is 2.94. The van der Waals surface area contributed by atoms with E-state index in [0.29, 0.717) is 19.0 Å². The first-order valence-corrected chi connectivity index (χ1v) is 5.51. The van der Waals surface area contributed by atoms with Gasteiger partial charge >= 0.3 is 0 Å². The number of nitrogens with one attached hydrogen (secondary N) is 1. The Morgan fingerprint density at radius 2 is 2.35 bits per heavy atom. The summed E-state index contributed by atoms with van der Waals surface area (Å²) in [6, 6.07) is 1.75. The maximum Gasteiger partial charge on any atom is 0.218 e. The number of aromatic nitrogens is 2. The third-order valence-electron chi connectivity index (χ3n) is 2.94. The van der Waals surface area contributed by atoms with E-state index in [9.17, 15) is 0 Å². The van der Waals surface area contributed by atoms with Crippen LogP contribution in [0.4, 0.5) is 5.82 Å². The van der Waals surface area contributed by atoms with Gasteiger partial charge < -0.3 is 19.5 Å². The van der Waals surface area contributed by atoms with Crippen molar-refractivity contribution in [3.8, 4) is 5.88 Å². The van der Waals surface area contributed by atoms with E-state index >= 15 is 0 Å². The fourth-order valence-corrected chi connectivity index (χ4v) is 1.76. The van der Waals surface area contributed by atoms with Crippen molar-refractivity contribution in [3.63, 3.8) is 0 Å². The van der Waals surface area contributed by atoms with Gasteiger partial charge in [0.1, 0.15) is 17.7 Å². The molecule has 6 heteroatoms. The highest BCUT2D eigenvalue weighted by Crippen LogP contribution is 2.23. The lowest BCUT2D eigenvalue weighted by molar-refractivity contribution is -0.00625. The van der Waals surface area contributed by atoms with E-state index in [1.165, 1.54) is 6.33 Å². The highest BCUT2D eigenvalue weighted by Gasteiger charge is 2.34. The second-order valence-electron chi connectivity index (χ2n) is 3.99. The van der Waals surface area contributed by atoms with Gasteiger partial charge in [0.2, 0.25) is 5.88 Å². The monoisotopic (exact) mass is 239 g/mol. The van der Waals surface area contributed by atoms with Crippen LogP contribution in [0, 0.1) is 0 Å². The summed E-state index contributed by atoms with van der Waals surface area (Å²) in [6.07, 6.45) is 2.35. The summed E-state index contributed by atoms with van der Waals surface area (Å²) in [7, 11) is 3.28. The van der Waals surface area contributed by atoms with Gasteiger partial charge in [-0.2, -0.15) is 0 Å². The Hall–Kier alpha value is -1.40. The van der Waals surface area contributed by atoms with Gasteiger partial charge in [-0.15, -0.1) is 0 Å². The summed E-state index contributed by atoms with van der Waals surface area (Å²) >= 11 is 0. The summed E-state index contributed by atoms with van der Waals surface area (Å²) in [5.74, 6) is 1.26. The zero-order chi connectivity index (χ0) is 12.1. The molecule has 0 amide bonds. The Labute approximate surface area is 100 Å². The zero-order valence-electron chi connectivity index (χ0n) is 10.1. The minimum absolute atomic E-state index is 0.252. The van der Waals surface area contributed by atoms with Crippen molar-refractivity contribution in [2.75, 3.05) is 39.3 Å². The molecule has 1 atom stereocenters. The quantitative estimate of drug-likeness (QED) is 0.816. The molecule has 1 aromatic heterocycles. The normalized spacial score (nSPS) is 23.6. The Morgan fingerprint density at radius 3 is 3.00 bits per heavy atom. The maximum absolute atomic E-state index is 5.51. The molecule has 1 aromatic rings. The van der Waals surface area contributed by atoms with E-state index in [2.05, 4.69) is 15.3 Å². The maximum atomic E-state index is 5.51. The van der Waals surface area contributed by atoms with Crippen LogP contribution in [0.15, 0.2) is 12.4 Å². The number of rotatable bonds is 5. The third kappa shape index (κ3) is 2.83. The van der Waals surface area contributed by atoms with Gasteiger partial charge in [-0.25, -0.2) is 9.97 Å². The molecule has 0 spiro atoms. The highest BCUT2D eigenvalue weighted by molar-refractivity contribution is 5.37. The Bertz CT molecular complexity index is 367. The van der Waals surface area contributed by atoms with Crippen molar-refractivity contribution in [1.82, 2.24) is 9.97 Å². The fourth-order valence-electron chi connectivity index (χ4n) is 1.76. The Balaban J connectivity index is 1.96. The van der Waals surface area contributed by atoms with Crippen LogP contribution in [0.5, 0.6) is 5.88 Å². The first-order valence-electron chi connectivity index (χ1n) is 5.51. The summed E-state index contributed by atoms with van der Waals surface area (Å²) in [5, 5.41) is 3.22. The van der Waals surface area contributed by atoms with E-state index < -0.39 is 0 Å². The first kappa shape index (κ1) is 12.1. The molecule has 0 aromatic carbocycles. The summed E-state index contributed by atoms with van der Waals surface area (Å²) in [5.41, 5.74) is -0.252. The molecular formula is C11H17N3O3. The number of hydrogen-bond donors (Lipinski definition) is 1. The van der Waals surface area contributed by atoms with Crippen LogP contribution >= 0.6 is 0 Å². The van der Waals surface area contributed by atoms with Crippen molar-refractivity contribution < 1.29 is 14.2 Å². The molecular weight excluding hydrogens is 222 g/mol. The van der Waals surface area contributed by atoms with E-state index in [1.807, 2.05) is 0 Å². The van der Waals surface area contributed by atoms with Gasteiger partial charge in [0.25, 0.3) is 0 Å². The van der Waals surface area contributed by atoms with Crippen LogP contribution in [0.1, 0.15) is 6.42 Å². The van der Waals surface area contributed by atoms with E-state index in [1.54, 1.807) is 20.3 Å². The predicted molar refractivity (Wildman–Crippen MR) is 62.2 cm³/mol. The largest absolute Gasteiger partial charge is 0.481 e. The van der Waals surface area contributed by atoms with Gasteiger partial charge in [0.05, 0.1) is 13.7 Å². The smallest absolute Gasteiger partial charge is 0.218 e. The molecule has 1 saturated heterocycles. The van der Waals surface area contributed by atoms with Crippen LogP contribution in [0.25, 0.3) is 0 Å². The molecule has 1 fully saturated rings. The first-order chi connectivity index (χ1) is 8.28. The lowest BCUT2D eigenvalue weighted by Crippen LogP contribution is -2.39. The van der Waals surface area contributed by atoms with Crippen molar-refractivity contribution >= 4 is 5.82 Å². The van der Waals surface area contributed by atoms with Gasteiger partial charge in [-0.1, -0.05) is 0 Å². The molecule has 1 unspecified atom stereocenters. The van der Waals surface area contributed by atoms with Crippen molar-refractivity contribution in [2.45, 2.75) is 12.0 Å². The average molecular weight is 239 g/mol. The van der Waals surface area contributed by atoms with Crippen LogP contribution in [0.3, 0.4) is 0 Å². The minimum atomic E-state index is -0.252. The molecule has 0 saturated carbocycles. The number of methoxy groups -OCH3 is 2. The molecule has 1 N–H and O–H groups in total. The lowest BCUT2D eigenvalue weighted by atomic mass is 10.0. The topological polar surface area (TPSA) is 65.5 Å². The summed E-state index contributed by atoms with van der Waals surface area (Å²) in [6.45, 7) is 2.00. The zero-order valence-corrected chi connectivity index (χ0v) is 10.1. The second-order valence-corrected chi connectivity index (χ2v) is 3.99. The number of ether oxygens (including phenoxy) is 3. The molecule has 2 heterocycles. The van der Waals surface area contributed by atoms with Crippen molar-refractivity contribution in [3.05, 3.63) is 12.4 Å². The molecule has 2 rings (SSSR count). The average Bonchev–Trinajstić information content (AvgIpc) is 2.86. The van der Waals surface area contributed by atoms with Gasteiger partial charge in [-0.3, -0.25) is 0 Å². The molecule has 94 valence electrons.